The summed E-state index contributed by atoms with van der Waals surface area (Å²) in [5.41, 5.74) is 3.13. The van der Waals surface area contributed by atoms with E-state index >= 15 is 0 Å². The average molecular weight is 216 g/mol. The Morgan fingerprint density at radius 3 is 2.69 bits per heavy atom. The third kappa shape index (κ3) is 1.87. The number of anilines is 2. The molecule has 0 saturated heterocycles. The van der Waals surface area contributed by atoms with Gasteiger partial charge in [-0.3, -0.25) is 5.01 Å². The van der Waals surface area contributed by atoms with E-state index in [1.807, 2.05) is 30.3 Å². The van der Waals surface area contributed by atoms with Crippen molar-refractivity contribution in [2.75, 3.05) is 24.2 Å². The molecule has 4 nitrogen and oxygen atoms in total. The highest BCUT2D eigenvalue weighted by Gasteiger charge is 2.13. The molecule has 16 heavy (non-hydrogen) atoms. The molecule has 0 spiro atoms. The molecule has 1 aromatic rings. The molecule has 0 bridgehead atoms. The minimum Gasteiger partial charge on any atom is -0.379 e. The second kappa shape index (κ2) is 4.28. The number of nitrogens with one attached hydrogen (secondary N) is 2. The number of nitrogens with zero attached hydrogens (tertiary/aromatic N) is 1. The molecule has 1 aliphatic rings. The molecule has 0 aromatic heterocycles. The summed E-state index contributed by atoms with van der Waals surface area (Å²) in [6.45, 7) is 4.51. The van der Waals surface area contributed by atoms with E-state index < -0.39 is 0 Å². The van der Waals surface area contributed by atoms with Crippen molar-refractivity contribution in [2.24, 2.45) is 5.84 Å². The third-order valence-corrected chi connectivity index (χ3v) is 2.55. The van der Waals surface area contributed by atoms with Crippen LogP contribution in [0.4, 0.5) is 11.4 Å². The quantitative estimate of drug-likeness (QED) is 0.520. The number of fused-ring (bicyclic) bond motifs is 1. The van der Waals surface area contributed by atoms with E-state index in [1.54, 1.807) is 12.1 Å². The van der Waals surface area contributed by atoms with Gasteiger partial charge in [0, 0.05) is 19.2 Å². The van der Waals surface area contributed by atoms with Crippen molar-refractivity contribution in [1.29, 1.82) is 0 Å². The highest BCUT2D eigenvalue weighted by Crippen LogP contribution is 2.26. The highest BCUT2D eigenvalue weighted by molar-refractivity contribution is 5.72. The van der Waals surface area contributed by atoms with Crippen LogP contribution >= 0.6 is 0 Å². The van der Waals surface area contributed by atoms with Crippen molar-refractivity contribution in [2.45, 2.75) is 0 Å². The molecule has 0 unspecified atom stereocenters. The summed E-state index contributed by atoms with van der Waals surface area (Å²) in [6.07, 6.45) is 1.81. The number of nitrogens with two attached hydrogens (primary N) is 1. The normalized spacial score (nSPS) is 14.4. The first-order chi connectivity index (χ1) is 7.72. The summed E-state index contributed by atoms with van der Waals surface area (Å²) >= 11 is 0. The molecule has 0 radical (unpaired) electrons. The molecule has 1 aliphatic heterocycles. The molecule has 4 N–H and O–H groups in total. The standard InChI is InChI=1S/C12H16N4/c1-3-9-8-14-10-6-4-5-7-11(10)15-12(9)16(2)13/h3-7,14-15H,1,8,13H2,2H3. The van der Waals surface area contributed by atoms with E-state index in [-0.39, 0.29) is 0 Å². The lowest BCUT2D eigenvalue weighted by atomic mass is 10.2. The van der Waals surface area contributed by atoms with Gasteiger partial charge in [-0.1, -0.05) is 24.8 Å². The molecule has 1 heterocycles. The van der Waals surface area contributed by atoms with Crippen LogP contribution in [0, 0.1) is 0 Å². The van der Waals surface area contributed by atoms with Crippen molar-refractivity contribution < 1.29 is 0 Å². The van der Waals surface area contributed by atoms with Crippen LogP contribution in [0.2, 0.25) is 0 Å². The minimum atomic E-state index is 0.713. The number of rotatable bonds is 2. The number of hydrogen-bond acceptors (Lipinski definition) is 4. The van der Waals surface area contributed by atoms with E-state index in [2.05, 4.69) is 17.2 Å². The van der Waals surface area contributed by atoms with Crippen molar-refractivity contribution in [3.8, 4) is 0 Å². The van der Waals surface area contributed by atoms with Crippen molar-refractivity contribution in [1.82, 2.24) is 5.01 Å². The largest absolute Gasteiger partial charge is 0.379 e. The van der Waals surface area contributed by atoms with Crippen LogP contribution in [0.15, 0.2) is 48.3 Å². The summed E-state index contributed by atoms with van der Waals surface area (Å²) in [4.78, 5) is 0. The molecule has 2 rings (SSSR count). The van der Waals surface area contributed by atoms with Crippen LogP contribution in [0.1, 0.15) is 0 Å². The zero-order chi connectivity index (χ0) is 11.5. The van der Waals surface area contributed by atoms with Crippen LogP contribution < -0.4 is 16.5 Å². The van der Waals surface area contributed by atoms with E-state index in [0.29, 0.717) is 6.54 Å². The predicted molar refractivity (Wildman–Crippen MR) is 67.7 cm³/mol. The van der Waals surface area contributed by atoms with Crippen LogP contribution in [-0.2, 0) is 0 Å². The van der Waals surface area contributed by atoms with Crippen LogP contribution in [0.25, 0.3) is 0 Å². The van der Waals surface area contributed by atoms with E-state index in [0.717, 1.165) is 22.8 Å². The Morgan fingerprint density at radius 1 is 1.38 bits per heavy atom. The van der Waals surface area contributed by atoms with Gasteiger partial charge in [0.15, 0.2) is 0 Å². The van der Waals surface area contributed by atoms with Gasteiger partial charge < -0.3 is 10.6 Å². The summed E-state index contributed by atoms with van der Waals surface area (Å²) < 4.78 is 0. The smallest absolute Gasteiger partial charge is 0.125 e. The Bertz CT molecular complexity index is 434. The molecule has 0 atom stereocenters. The zero-order valence-corrected chi connectivity index (χ0v) is 9.33. The Hall–Kier alpha value is -1.94. The number of benzene rings is 1. The fraction of sp³-hybridized carbons (Fsp3) is 0.167. The van der Waals surface area contributed by atoms with E-state index in [9.17, 15) is 0 Å². The number of para-hydroxylation sites is 2. The lowest BCUT2D eigenvalue weighted by Gasteiger charge is -2.19. The van der Waals surface area contributed by atoms with Crippen molar-refractivity contribution in [3.63, 3.8) is 0 Å². The monoisotopic (exact) mass is 216 g/mol. The predicted octanol–water partition coefficient (Wildman–Crippen LogP) is 1.73. The van der Waals surface area contributed by atoms with Gasteiger partial charge in [-0.25, -0.2) is 5.84 Å². The average Bonchev–Trinajstić information content (AvgIpc) is 2.47. The van der Waals surface area contributed by atoms with Gasteiger partial charge in [-0.05, 0) is 12.1 Å². The van der Waals surface area contributed by atoms with Crippen LogP contribution in [-0.4, -0.2) is 18.6 Å². The summed E-state index contributed by atoms with van der Waals surface area (Å²) in [5.74, 6) is 6.67. The molecular weight excluding hydrogens is 200 g/mol. The molecule has 0 fully saturated rings. The second-order valence-corrected chi connectivity index (χ2v) is 3.71. The highest BCUT2D eigenvalue weighted by atomic mass is 15.4. The molecular formula is C12H16N4. The maximum atomic E-state index is 5.80. The first-order valence-corrected chi connectivity index (χ1v) is 5.16. The molecule has 1 aromatic carbocycles. The first-order valence-electron chi connectivity index (χ1n) is 5.16. The Kier molecular flexibility index (Phi) is 2.83. The molecule has 0 aliphatic carbocycles. The van der Waals surface area contributed by atoms with Gasteiger partial charge in [0.1, 0.15) is 5.82 Å². The topological polar surface area (TPSA) is 53.3 Å². The molecule has 0 saturated carbocycles. The lowest BCUT2D eigenvalue weighted by molar-refractivity contribution is 0.442. The van der Waals surface area contributed by atoms with Gasteiger partial charge in [-0.15, -0.1) is 0 Å². The maximum absolute atomic E-state index is 5.80. The van der Waals surface area contributed by atoms with Crippen LogP contribution in [0.3, 0.4) is 0 Å². The Labute approximate surface area is 95.4 Å². The van der Waals surface area contributed by atoms with Gasteiger partial charge >= 0.3 is 0 Å². The minimum absolute atomic E-state index is 0.713. The summed E-state index contributed by atoms with van der Waals surface area (Å²) in [6, 6.07) is 8.03. The Morgan fingerprint density at radius 2 is 2.06 bits per heavy atom. The number of hydrazine groups is 1. The lowest BCUT2D eigenvalue weighted by Crippen LogP contribution is -2.30. The maximum Gasteiger partial charge on any atom is 0.125 e. The van der Waals surface area contributed by atoms with Crippen LogP contribution in [0.5, 0.6) is 0 Å². The molecule has 4 heteroatoms. The van der Waals surface area contributed by atoms with Gasteiger partial charge in [0.05, 0.1) is 11.4 Å². The van der Waals surface area contributed by atoms with E-state index in [4.69, 9.17) is 5.84 Å². The van der Waals surface area contributed by atoms with Gasteiger partial charge in [0.25, 0.3) is 0 Å². The summed E-state index contributed by atoms with van der Waals surface area (Å²) in [7, 11) is 1.81. The number of hydrogen-bond donors (Lipinski definition) is 3. The fourth-order valence-corrected chi connectivity index (χ4v) is 1.71. The SMILES string of the molecule is C=CC1=C(N(C)N)Nc2ccccc2NC1. The molecule has 84 valence electrons. The Balaban J connectivity index is 2.41. The third-order valence-electron chi connectivity index (χ3n) is 2.55. The molecule has 0 amide bonds. The zero-order valence-electron chi connectivity index (χ0n) is 9.33. The fourth-order valence-electron chi connectivity index (χ4n) is 1.71. The van der Waals surface area contributed by atoms with Gasteiger partial charge in [0.2, 0.25) is 0 Å². The van der Waals surface area contributed by atoms with Crippen molar-refractivity contribution in [3.05, 3.63) is 48.3 Å². The summed E-state index contributed by atoms with van der Waals surface area (Å²) in [5, 5.41) is 8.21. The van der Waals surface area contributed by atoms with Crippen molar-refractivity contribution >= 4 is 11.4 Å². The first kappa shape index (κ1) is 10.6. The second-order valence-electron chi connectivity index (χ2n) is 3.71. The van der Waals surface area contributed by atoms with E-state index in [1.165, 1.54) is 0 Å². The van der Waals surface area contributed by atoms with Gasteiger partial charge in [-0.2, -0.15) is 0 Å².